The van der Waals surface area contributed by atoms with Crippen molar-refractivity contribution in [3.05, 3.63) is 242 Å². The van der Waals surface area contributed by atoms with Gasteiger partial charge in [0.15, 0.2) is 0 Å². The molecular formula is C58H44N4. The first kappa shape index (κ1) is 38.1. The molecule has 1 aromatic heterocycles. The number of anilines is 6. The van der Waals surface area contributed by atoms with Gasteiger partial charge in [0, 0.05) is 45.3 Å². The van der Waals surface area contributed by atoms with E-state index in [1.165, 1.54) is 0 Å². The summed E-state index contributed by atoms with van der Waals surface area (Å²) in [7, 11) is 0. The number of fused-ring (bicyclic) bond motifs is 1. The van der Waals surface area contributed by atoms with Gasteiger partial charge in [-0.05, 0) is 120 Å². The van der Waals surface area contributed by atoms with E-state index in [0.29, 0.717) is 0 Å². The van der Waals surface area contributed by atoms with Gasteiger partial charge in [-0.1, -0.05) is 158 Å². The van der Waals surface area contributed by atoms with Gasteiger partial charge in [-0.3, -0.25) is 0 Å². The Morgan fingerprint density at radius 2 is 0.468 bits per heavy atom. The first-order valence-electron chi connectivity index (χ1n) is 21.1. The molecule has 0 bridgehead atoms. The molecule has 0 unspecified atom stereocenters. The molecule has 0 aliphatic rings. The van der Waals surface area contributed by atoms with Crippen LogP contribution in [-0.4, -0.2) is 9.97 Å². The highest BCUT2D eigenvalue weighted by atomic mass is 15.1. The Morgan fingerprint density at radius 1 is 0.242 bits per heavy atom. The summed E-state index contributed by atoms with van der Waals surface area (Å²) in [4.78, 5) is 15.3. The van der Waals surface area contributed by atoms with E-state index in [1.54, 1.807) is 0 Å². The van der Waals surface area contributed by atoms with Crippen molar-refractivity contribution < 1.29 is 0 Å². The summed E-state index contributed by atoms with van der Waals surface area (Å²) < 4.78 is 0. The van der Waals surface area contributed by atoms with E-state index < -0.39 is 0 Å². The van der Waals surface area contributed by atoms with E-state index in [2.05, 4.69) is 254 Å². The molecule has 0 fully saturated rings. The van der Waals surface area contributed by atoms with Crippen molar-refractivity contribution in [2.24, 2.45) is 0 Å². The molecule has 0 radical (unpaired) electrons. The molecule has 0 aliphatic carbocycles. The third-order valence-corrected chi connectivity index (χ3v) is 11.5. The highest BCUT2D eigenvalue weighted by Crippen LogP contribution is 2.39. The Labute approximate surface area is 363 Å². The van der Waals surface area contributed by atoms with Crippen LogP contribution in [0.25, 0.3) is 55.8 Å². The zero-order valence-electron chi connectivity index (χ0n) is 34.7. The topological polar surface area (TPSA) is 32.3 Å². The predicted octanol–water partition coefficient (Wildman–Crippen LogP) is 15.9. The van der Waals surface area contributed by atoms with Gasteiger partial charge in [0.2, 0.25) is 0 Å². The highest BCUT2D eigenvalue weighted by molar-refractivity contribution is 5.90. The van der Waals surface area contributed by atoms with Gasteiger partial charge in [0.05, 0.1) is 22.4 Å². The van der Waals surface area contributed by atoms with Crippen molar-refractivity contribution in [3.63, 3.8) is 0 Å². The molecule has 4 nitrogen and oxygen atoms in total. The van der Waals surface area contributed by atoms with Gasteiger partial charge in [-0.15, -0.1) is 0 Å². The van der Waals surface area contributed by atoms with E-state index in [4.69, 9.17) is 9.97 Å². The van der Waals surface area contributed by atoms with Crippen LogP contribution in [0.3, 0.4) is 0 Å². The van der Waals surface area contributed by atoms with Crippen LogP contribution in [0.1, 0.15) is 11.1 Å². The third kappa shape index (κ3) is 7.62. The number of nitrogens with zero attached hydrogens (tertiary/aromatic N) is 4. The maximum atomic E-state index is 5.36. The molecule has 9 aromatic carbocycles. The molecule has 0 saturated heterocycles. The molecule has 296 valence electrons. The Balaban J connectivity index is 0.959. The van der Waals surface area contributed by atoms with E-state index in [1.807, 2.05) is 0 Å². The minimum atomic E-state index is 0.869. The fraction of sp³-hybridized carbons (Fsp3) is 0.0345. The molecule has 0 N–H and O–H groups in total. The summed E-state index contributed by atoms with van der Waals surface area (Å²) in [5.74, 6) is 0. The maximum absolute atomic E-state index is 5.36. The molecule has 0 saturated carbocycles. The van der Waals surface area contributed by atoms with Crippen LogP contribution >= 0.6 is 0 Å². The Hall–Kier alpha value is -8.08. The normalized spacial score (nSPS) is 11.1. The van der Waals surface area contributed by atoms with Crippen LogP contribution in [-0.2, 0) is 0 Å². The number of aryl methyl sites for hydroxylation is 2. The molecule has 62 heavy (non-hydrogen) atoms. The van der Waals surface area contributed by atoms with Crippen LogP contribution in [0.5, 0.6) is 0 Å². The van der Waals surface area contributed by atoms with Crippen LogP contribution < -0.4 is 9.80 Å². The van der Waals surface area contributed by atoms with Crippen molar-refractivity contribution in [1.29, 1.82) is 0 Å². The SMILES string of the molecule is Cc1ccc(C)c2nc(-c3ccc(-c4ccc(N(c5ccccc5)c5ccccc5)cc4)cc3)c(-c3ccc(-c4ccc(N(c5ccccc5)c5ccccc5)cc4)cc3)nc12. The van der Waals surface area contributed by atoms with Gasteiger partial charge in [-0.2, -0.15) is 0 Å². The van der Waals surface area contributed by atoms with Crippen LogP contribution in [0.15, 0.2) is 231 Å². The summed E-state index contributed by atoms with van der Waals surface area (Å²) in [6.45, 7) is 4.23. The standard InChI is InChI=1S/C58H44N4/c1-41-23-24-42(2)56-55(41)59-57(47-29-25-43(26-30-47)45-33-37-53(38-34-45)61(49-15-7-3-8-16-49)50-17-9-4-10-18-50)58(60-56)48-31-27-44(28-32-48)46-35-39-54(40-36-46)62(51-19-11-5-12-20-51)52-21-13-6-14-22-52/h3-40H,1-2H3. The van der Waals surface area contributed by atoms with Gasteiger partial charge in [-0.25, -0.2) is 9.97 Å². The minimum Gasteiger partial charge on any atom is -0.311 e. The predicted molar refractivity (Wildman–Crippen MR) is 260 cm³/mol. The largest absolute Gasteiger partial charge is 0.311 e. The third-order valence-electron chi connectivity index (χ3n) is 11.5. The smallest absolute Gasteiger partial charge is 0.0973 e. The van der Waals surface area contributed by atoms with Crippen LogP contribution in [0.4, 0.5) is 34.1 Å². The lowest BCUT2D eigenvalue weighted by molar-refractivity contribution is 1.25. The van der Waals surface area contributed by atoms with Gasteiger partial charge >= 0.3 is 0 Å². The minimum absolute atomic E-state index is 0.869. The average molecular weight is 797 g/mol. The lowest BCUT2D eigenvalue weighted by atomic mass is 9.97. The maximum Gasteiger partial charge on any atom is 0.0973 e. The lowest BCUT2D eigenvalue weighted by Gasteiger charge is -2.25. The Kier molecular flexibility index (Phi) is 10.4. The number of para-hydroxylation sites is 4. The average Bonchev–Trinajstić information content (AvgIpc) is 3.34. The van der Waals surface area contributed by atoms with E-state index in [-0.39, 0.29) is 0 Å². The summed E-state index contributed by atoms with van der Waals surface area (Å²) in [6.07, 6.45) is 0. The highest BCUT2D eigenvalue weighted by Gasteiger charge is 2.18. The Bertz CT molecular complexity index is 2790. The number of aromatic nitrogens is 2. The fourth-order valence-corrected chi connectivity index (χ4v) is 8.25. The molecule has 4 heteroatoms. The second kappa shape index (κ2) is 16.9. The molecule has 10 rings (SSSR count). The molecule has 0 spiro atoms. The molecular weight excluding hydrogens is 753 g/mol. The quantitative estimate of drug-likeness (QED) is 0.138. The van der Waals surface area contributed by atoms with Crippen LogP contribution in [0.2, 0.25) is 0 Å². The van der Waals surface area contributed by atoms with Crippen molar-refractivity contribution in [2.75, 3.05) is 9.80 Å². The van der Waals surface area contributed by atoms with Crippen molar-refractivity contribution in [3.8, 4) is 44.8 Å². The molecule has 0 amide bonds. The van der Waals surface area contributed by atoms with Crippen molar-refractivity contribution in [1.82, 2.24) is 9.97 Å². The zero-order valence-corrected chi connectivity index (χ0v) is 34.7. The Morgan fingerprint density at radius 3 is 0.742 bits per heavy atom. The molecule has 1 heterocycles. The number of hydrogen-bond donors (Lipinski definition) is 0. The second-order valence-corrected chi connectivity index (χ2v) is 15.6. The van der Waals surface area contributed by atoms with E-state index in [0.717, 1.165) is 101 Å². The number of rotatable bonds is 10. The second-order valence-electron chi connectivity index (χ2n) is 15.6. The lowest BCUT2D eigenvalue weighted by Crippen LogP contribution is -2.09. The summed E-state index contributed by atoms with van der Waals surface area (Å²) >= 11 is 0. The fourth-order valence-electron chi connectivity index (χ4n) is 8.25. The molecule has 0 atom stereocenters. The van der Waals surface area contributed by atoms with Gasteiger partial charge < -0.3 is 9.80 Å². The summed E-state index contributed by atoms with van der Waals surface area (Å²) in [5.41, 5.74) is 19.1. The van der Waals surface area contributed by atoms with E-state index >= 15 is 0 Å². The summed E-state index contributed by atoms with van der Waals surface area (Å²) in [5, 5.41) is 0. The first-order chi connectivity index (χ1) is 30.6. The van der Waals surface area contributed by atoms with Crippen molar-refractivity contribution in [2.45, 2.75) is 13.8 Å². The van der Waals surface area contributed by atoms with Crippen LogP contribution in [0, 0.1) is 13.8 Å². The molecule has 10 aromatic rings. The summed E-state index contributed by atoms with van der Waals surface area (Å²) in [6, 6.07) is 81.4. The first-order valence-corrected chi connectivity index (χ1v) is 21.1. The number of hydrogen-bond acceptors (Lipinski definition) is 4. The zero-order chi connectivity index (χ0) is 41.8. The number of benzene rings is 9. The van der Waals surface area contributed by atoms with Gasteiger partial charge in [0.1, 0.15) is 0 Å². The van der Waals surface area contributed by atoms with Gasteiger partial charge in [0.25, 0.3) is 0 Å². The molecule has 0 aliphatic heterocycles. The van der Waals surface area contributed by atoms with Crippen molar-refractivity contribution >= 4 is 45.2 Å². The van der Waals surface area contributed by atoms with E-state index in [9.17, 15) is 0 Å². The monoisotopic (exact) mass is 796 g/mol.